The Kier molecular flexibility index (Phi) is 7.40. The third kappa shape index (κ3) is 6.84. The minimum Gasteiger partial charge on any atom is -0.317 e. The normalized spacial score (nSPS) is 11.9. The number of unbranched alkanes of at least 4 members (excludes halogenated alkanes) is 1. The van der Waals surface area contributed by atoms with Gasteiger partial charge in [-0.3, -0.25) is 0 Å². The Balaban J connectivity index is 2.23. The fourth-order valence-electron chi connectivity index (χ4n) is 1.42. The Morgan fingerprint density at radius 2 is 2.11 bits per heavy atom. The summed E-state index contributed by atoms with van der Waals surface area (Å²) >= 11 is 4.90. The summed E-state index contributed by atoms with van der Waals surface area (Å²) in [5.41, 5.74) is 0. The van der Waals surface area contributed by atoms with Crippen molar-refractivity contribution in [1.82, 2.24) is 10.0 Å². The second-order valence-corrected chi connectivity index (χ2v) is 8.38. The smallest absolute Gasteiger partial charge is 0.211 e. The van der Waals surface area contributed by atoms with Crippen LogP contribution in [0.4, 0.5) is 0 Å². The van der Waals surface area contributed by atoms with E-state index < -0.39 is 10.0 Å². The Labute approximate surface area is 121 Å². The first-order chi connectivity index (χ1) is 8.53. The maximum absolute atomic E-state index is 11.7. The lowest BCUT2D eigenvalue weighted by Crippen LogP contribution is -2.26. The lowest BCUT2D eigenvalue weighted by molar-refractivity contribution is 0.574. The van der Waals surface area contributed by atoms with Gasteiger partial charge >= 0.3 is 0 Å². The molecule has 0 radical (unpaired) electrons. The first-order valence-corrected chi connectivity index (χ1v) is 9.22. The molecule has 1 aromatic rings. The van der Waals surface area contributed by atoms with Gasteiger partial charge in [0.05, 0.1) is 9.54 Å². The van der Waals surface area contributed by atoms with Crippen LogP contribution in [0.3, 0.4) is 0 Å². The minimum atomic E-state index is -3.14. The van der Waals surface area contributed by atoms with Gasteiger partial charge in [0.15, 0.2) is 0 Å². The van der Waals surface area contributed by atoms with E-state index in [1.807, 2.05) is 19.1 Å². The molecule has 0 aliphatic rings. The van der Waals surface area contributed by atoms with E-state index >= 15 is 0 Å². The van der Waals surface area contributed by atoms with Gasteiger partial charge in [-0.15, -0.1) is 11.3 Å². The van der Waals surface area contributed by atoms with Crippen molar-refractivity contribution in [2.24, 2.45) is 0 Å². The molecule has 0 bridgehead atoms. The number of nitrogens with one attached hydrogen (secondary N) is 2. The van der Waals surface area contributed by atoms with Crippen LogP contribution in [0.25, 0.3) is 0 Å². The van der Waals surface area contributed by atoms with E-state index in [0.717, 1.165) is 28.2 Å². The quantitative estimate of drug-likeness (QED) is 0.669. The molecule has 2 N–H and O–H groups in total. The SMILES string of the molecule is CCNCCCCS(=O)(=O)NCc1ccc(Br)s1. The van der Waals surface area contributed by atoms with E-state index in [1.165, 1.54) is 0 Å². The van der Waals surface area contributed by atoms with Crippen molar-refractivity contribution in [2.75, 3.05) is 18.8 Å². The molecule has 1 heterocycles. The zero-order valence-corrected chi connectivity index (χ0v) is 13.6. The molecular weight excluding hydrogens is 336 g/mol. The van der Waals surface area contributed by atoms with Crippen molar-refractivity contribution in [3.8, 4) is 0 Å². The second kappa shape index (κ2) is 8.27. The number of hydrogen-bond acceptors (Lipinski definition) is 4. The van der Waals surface area contributed by atoms with Gasteiger partial charge in [-0.2, -0.15) is 0 Å². The molecule has 0 atom stereocenters. The number of rotatable bonds is 9. The Bertz CT molecular complexity index is 446. The maximum atomic E-state index is 11.7. The van der Waals surface area contributed by atoms with E-state index in [-0.39, 0.29) is 5.75 Å². The van der Waals surface area contributed by atoms with E-state index in [0.29, 0.717) is 13.0 Å². The first kappa shape index (κ1) is 16.1. The Hall–Kier alpha value is 0.0500. The summed E-state index contributed by atoms with van der Waals surface area (Å²) in [6.45, 7) is 4.23. The molecular formula is C11H19BrN2O2S2. The zero-order chi connectivity index (χ0) is 13.4. The fourth-order valence-corrected chi connectivity index (χ4v) is 4.04. The largest absolute Gasteiger partial charge is 0.317 e. The third-order valence-corrected chi connectivity index (χ3v) is 5.40. The van der Waals surface area contributed by atoms with Crippen molar-refractivity contribution >= 4 is 37.3 Å². The minimum absolute atomic E-state index is 0.199. The van der Waals surface area contributed by atoms with Crippen molar-refractivity contribution in [3.63, 3.8) is 0 Å². The highest BCUT2D eigenvalue weighted by Gasteiger charge is 2.10. The van der Waals surface area contributed by atoms with Crippen molar-refractivity contribution in [1.29, 1.82) is 0 Å². The highest BCUT2D eigenvalue weighted by molar-refractivity contribution is 9.11. The van der Waals surface area contributed by atoms with Crippen LogP contribution in [-0.4, -0.2) is 27.3 Å². The van der Waals surface area contributed by atoms with Crippen LogP contribution in [0.1, 0.15) is 24.6 Å². The van der Waals surface area contributed by atoms with Crippen LogP contribution in [0.15, 0.2) is 15.9 Å². The summed E-state index contributed by atoms with van der Waals surface area (Å²) < 4.78 is 27.0. The van der Waals surface area contributed by atoms with Gasteiger partial charge < -0.3 is 5.32 Å². The molecule has 0 spiro atoms. The number of sulfonamides is 1. The predicted molar refractivity (Wildman–Crippen MR) is 80.4 cm³/mol. The Morgan fingerprint density at radius 1 is 1.33 bits per heavy atom. The molecule has 18 heavy (non-hydrogen) atoms. The monoisotopic (exact) mass is 354 g/mol. The zero-order valence-electron chi connectivity index (χ0n) is 10.4. The van der Waals surface area contributed by atoms with Crippen LogP contribution in [0, 0.1) is 0 Å². The standard InChI is InChI=1S/C11H19BrN2O2S2/c1-2-13-7-3-4-8-18(15,16)14-9-10-5-6-11(12)17-10/h5-6,13-14H,2-4,7-9H2,1H3. The average molecular weight is 355 g/mol. The molecule has 104 valence electrons. The number of hydrogen-bond donors (Lipinski definition) is 2. The maximum Gasteiger partial charge on any atom is 0.211 e. The van der Waals surface area contributed by atoms with Crippen LogP contribution in [-0.2, 0) is 16.6 Å². The van der Waals surface area contributed by atoms with Crippen molar-refractivity contribution in [2.45, 2.75) is 26.3 Å². The van der Waals surface area contributed by atoms with Gasteiger partial charge in [0.25, 0.3) is 0 Å². The van der Waals surface area contributed by atoms with E-state index in [9.17, 15) is 8.42 Å². The molecule has 0 amide bonds. The Morgan fingerprint density at radius 3 is 2.72 bits per heavy atom. The first-order valence-electron chi connectivity index (χ1n) is 5.96. The van der Waals surface area contributed by atoms with Gasteiger partial charge in [0.1, 0.15) is 0 Å². The second-order valence-electron chi connectivity index (χ2n) is 3.91. The molecule has 1 rings (SSSR count). The molecule has 0 fully saturated rings. The highest BCUT2D eigenvalue weighted by Crippen LogP contribution is 2.21. The topological polar surface area (TPSA) is 58.2 Å². The molecule has 0 aliphatic heterocycles. The van der Waals surface area contributed by atoms with Gasteiger partial charge in [-0.1, -0.05) is 6.92 Å². The summed E-state index contributed by atoms with van der Waals surface area (Å²) in [6.07, 6.45) is 1.58. The van der Waals surface area contributed by atoms with E-state index in [1.54, 1.807) is 11.3 Å². The molecule has 7 heteroatoms. The van der Waals surface area contributed by atoms with Crippen LogP contribution in [0.2, 0.25) is 0 Å². The lowest BCUT2D eigenvalue weighted by Gasteiger charge is -2.05. The molecule has 0 unspecified atom stereocenters. The highest BCUT2D eigenvalue weighted by atomic mass is 79.9. The van der Waals surface area contributed by atoms with E-state index in [2.05, 4.69) is 26.0 Å². The van der Waals surface area contributed by atoms with Gasteiger partial charge in [0, 0.05) is 11.4 Å². The number of thiophene rings is 1. The van der Waals surface area contributed by atoms with Gasteiger partial charge in [-0.25, -0.2) is 13.1 Å². The summed E-state index contributed by atoms with van der Waals surface area (Å²) in [5, 5.41) is 3.18. The molecule has 0 saturated carbocycles. The predicted octanol–water partition coefficient (Wildman–Crippen LogP) is 2.32. The lowest BCUT2D eigenvalue weighted by atomic mass is 10.3. The fraction of sp³-hybridized carbons (Fsp3) is 0.636. The third-order valence-electron chi connectivity index (χ3n) is 2.36. The number of halogens is 1. The van der Waals surface area contributed by atoms with Crippen LogP contribution in [0.5, 0.6) is 0 Å². The summed E-state index contributed by atoms with van der Waals surface area (Å²) in [6, 6.07) is 3.84. The molecule has 0 aliphatic carbocycles. The average Bonchev–Trinajstić information content (AvgIpc) is 2.73. The molecule has 0 saturated heterocycles. The van der Waals surface area contributed by atoms with Gasteiger partial charge in [-0.05, 0) is 54.0 Å². The molecule has 1 aromatic heterocycles. The van der Waals surface area contributed by atoms with E-state index in [4.69, 9.17) is 0 Å². The molecule has 0 aromatic carbocycles. The van der Waals surface area contributed by atoms with Crippen LogP contribution < -0.4 is 10.0 Å². The molecule has 4 nitrogen and oxygen atoms in total. The van der Waals surface area contributed by atoms with Gasteiger partial charge in [0.2, 0.25) is 10.0 Å². The summed E-state index contributed by atoms with van der Waals surface area (Å²) in [4.78, 5) is 1.01. The van der Waals surface area contributed by atoms with Crippen LogP contribution >= 0.6 is 27.3 Å². The summed E-state index contributed by atoms with van der Waals surface area (Å²) in [5.74, 6) is 0.199. The summed E-state index contributed by atoms with van der Waals surface area (Å²) in [7, 11) is -3.14. The van der Waals surface area contributed by atoms with Crippen molar-refractivity contribution in [3.05, 3.63) is 20.8 Å². The van der Waals surface area contributed by atoms with Crippen molar-refractivity contribution < 1.29 is 8.42 Å².